The Balaban J connectivity index is 2.30. The molecule has 0 atom stereocenters. The number of aryl methyl sites for hydroxylation is 1. The van der Waals surface area contributed by atoms with E-state index in [-0.39, 0.29) is 0 Å². The second kappa shape index (κ2) is 3.41. The molecule has 1 aromatic carbocycles. The van der Waals surface area contributed by atoms with Crippen LogP contribution in [0.25, 0.3) is 16.6 Å². The molecule has 0 aliphatic carbocycles. The van der Waals surface area contributed by atoms with E-state index in [1.807, 2.05) is 37.4 Å². The molecule has 0 spiro atoms. The Hall–Kier alpha value is -2.23. The van der Waals surface area contributed by atoms with E-state index in [1.165, 1.54) is 0 Å². The second-order valence-corrected chi connectivity index (χ2v) is 3.63. The Morgan fingerprint density at radius 2 is 2.06 bits per heavy atom. The molecular weight excluding hydrogens is 200 g/mol. The van der Waals surface area contributed by atoms with Crippen LogP contribution in [0.15, 0.2) is 42.7 Å². The van der Waals surface area contributed by atoms with Crippen molar-refractivity contribution in [2.75, 3.05) is 0 Å². The molecule has 0 saturated heterocycles. The Kier molecular flexibility index (Phi) is 1.93. The van der Waals surface area contributed by atoms with Gasteiger partial charge < -0.3 is 0 Å². The predicted molar refractivity (Wildman–Crippen MR) is 61.4 cm³/mol. The smallest absolute Gasteiger partial charge is 0.0882 e. The molecule has 0 bridgehead atoms. The highest BCUT2D eigenvalue weighted by Crippen LogP contribution is 2.18. The normalized spacial score (nSPS) is 10.8. The van der Waals surface area contributed by atoms with E-state index in [2.05, 4.69) is 21.4 Å². The third kappa shape index (κ3) is 1.35. The Labute approximate surface area is 92.6 Å². The van der Waals surface area contributed by atoms with Gasteiger partial charge in [0.25, 0.3) is 0 Å². The minimum atomic E-state index is 0.948. The molecule has 0 aliphatic heterocycles. The summed E-state index contributed by atoms with van der Waals surface area (Å²) in [5, 5.41) is 8.90. The largest absolute Gasteiger partial charge is 0.251 e. The molecule has 0 amide bonds. The summed E-state index contributed by atoms with van der Waals surface area (Å²) < 4.78 is 1.73. The average Bonchev–Trinajstić information content (AvgIpc) is 2.81. The van der Waals surface area contributed by atoms with Gasteiger partial charge in [-0.05, 0) is 19.1 Å². The van der Waals surface area contributed by atoms with Gasteiger partial charge >= 0.3 is 0 Å². The minimum Gasteiger partial charge on any atom is -0.251 e. The van der Waals surface area contributed by atoms with Gasteiger partial charge in [0.15, 0.2) is 0 Å². The highest BCUT2D eigenvalue weighted by molar-refractivity contribution is 5.80. The molecule has 0 N–H and O–H groups in total. The number of aromatic nitrogens is 4. The van der Waals surface area contributed by atoms with Crippen LogP contribution in [0.1, 0.15) is 5.69 Å². The van der Waals surface area contributed by atoms with Gasteiger partial charge in [-0.25, -0.2) is 4.68 Å². The molecule has 4 nitrogen and oxygen atoms in total. The topological polar surface area (TPSA) is 43.6 Å². The number of benzene rings is 1. The van der Waals surface area contributed by atoms with E-state index in [9.17, 15) is 0 Å². The summed E-state index contributed by atoms with van der Waals surface area (Å²) in [6.07, 6.45) is 3.48. The van der Waals surface area contributed by atoms with Gasteiger partial charge in [-0.2, -0.15) is 0 Å². The predicted octanol–water partition coefficient (Wildman–Crippen LogP) is 2.12. The number of pyridine rings is 1. The van der Waals surface area contributed by atoms with Crippen LogP contribution in [0, 0.1) is 6.92 Å². The number of para-hydroxylation sites is 1. The van der Waals surface area contributed by atoms with E-state index >= 15 is 0 Å². The molecule has 0 unspecified atom stereocenters. The zero-order chi connectivity index (χ0) is 11.0. The first kappa shape index (κ1) is 9.03. The molecule has 3 rings (SSSR count). The van der Waals surface area contributed by atoms with Crippen LogP contribution in [0.2, 0.25) is 0 Å². The monoisotopic (exact) mass is 210 g/mol. The lowest BCUT2D eigenvalue weighted by Crippen LogP contribution is -2.00. The molecule has 0 radical (unpaired) electrons. The quantitative estimate of drug-likeness (QED) is 0.618. The van der Waals surface area contributed by atoms with Crippen molar-refractivity contribution in [2.24, 2.45) is 0 Å². The fourth-order valence-corrected chi connectivity index (χ4v) is 1.77. The van der Waals surface area contributed by atoms with Crippen molar-refractivity contribution in [2.45, 2.75) is 6.92 Å². The van der Waals surface area contributed by atoms with E-state index < -0.39 is 0 Å². The Bertz CT molecular complexity index is 629. The van der Waals surface area contributed by atoms with Gasteiger partial charge in [-0.15, -0.1) is 5.10 Å². The molecule has 0 fully saturated rings. The minimum absolute atomic E-state index is 0.948. The molecule has 0 saturated carbocycles. The van der Waals surface area contributed by atoms with E-state index in [0.717, 1.165) is 22.3 Å². The molecule has 2 heterocycles. The van der Waals surface area contributed by atoms with Gasteiger partial charge in [0, 0.05) is 5.39 Å². The molecule has 3 aromatic rings. The van der Waals surface area contributed by atoms with Crippen LogP contribution < -0.4 is 0 Å². The lowest BCUT2D eigenvalue weighted by molar-refractivity contribution is 0.795. The summed E-state index contributed by atoms with van der Waals surface area (Å²) in [5.41, 5.74) is 2.92. The third-order valence-corrected chi connectivity index (χ3v) is 2.56. The lowest BCUT2D eigenvalue weighted by Gasteiger charge is -2.06. The Morgan fingerprint density at radius 3 is 2.88 bits per heavy atom. The molecular formula is C12H10N4. The highest BCUT2D eigenvalue weighted by atomic mass is 15.4. The fraction of sp³-hybridized carbons (Fsp3) is 0.0833. The summed E-state index contributed by atoms with van der Waals surface area (Å²) in [7, 11) is 0. The fourth-order valence-electron chi connectivity index (χ4n) is 1.77. The summed E-state index contributed by atoms with van der Waals surface area (Å²) in [6, 6.07) is 10.1. The maximum absolute atomic E-state index is 4.54. The molecule has 78 valence electrons. The van der Waals surface area contributed by atoms with Crippen LogP contribution in [-0.2, 0) is 0 Å². The van der Waals surface area contributed by atoms with Crippen molar-refractivity contribution in [3.8, 4) is 5.69 Å². The molecule has 0 aliphatic rings. The number of rotatable bonds is 1. The van der Waals surface area contributed by atoms with Crippen molar-refractivity contribution >= 4 is 10.9 Å². The van der Waals surface area contributed by atoms with Crippen molar-refractivity contribution in [3.63, 3.8) is 0 Å². The number of fused-ring (bicyclic) bond motifs is 1. The molecule has 2 aromatic heterocycles. The van der Waals surface area contributed by atoms with Crippen molar-refractivity contribution in [1.82, 2.24) is 20.0 Å². The van der Waals surface area contributed by atoms with Crippen LogP contribution in [0.5, 0.6) is 0 Å². The third-order valence-electron chi connectivity index (χ3n) is 2.56. The number of nitrogens with zero attached hydrogens (tertiary/aromatic N) is 4. The van der Waals surface area contributed by atoms with Gasteiger partial charge in [0.1, 0.15) is 0 Å². The first-order chi connectivity index (χ1) is 7.84. The van der Waals surface area contributed by atoms with Gasteiger partial charge in [0.05, 0.1) is 29.3 Å². The second-order valence-electron chi connectivity index (χ2n) is 3.63. The van der Waals surface area contributed by atoms with Crippen molar-refractivity contribution < 1.29 is 0 Å². The number of hydrogen-bond donors (Lipinski definition) is 0. The van der Waals surface area contributed by atoms with Gasteiger partial charge in [-0.3, -0.25) is 4.98 Å². The zero-order valence-electron chi connectivity index (χ0n) is 8.83. The summed E-state index contributed by atoms with van der Waals surface area (Å²) in [5.74, 6) is 0. The maximum atomic E-state index is 4.54. The maximum Gasteiger partial charge on any atom is 0.0882 e. The first-order valence-electron chi connectivity index (χ1n) is 5.08. The van der Waals surface area contributed by atoms with Crippen LogP contribution >= 0.6 is 0 Å². The SMILES string of the molecule is Cc1nc2ccccc2cc1-n1ccnn1. The average molecular weight is 210 g/mol. The lowest BCUT2D eigenvalue weighted by atomic mass is 10.2. The molecule has 4 heteroatoms. The summed E-state index contributed by atoms with van der Waals surface area (Å²) >= 11 is 0. The van der Waals surface area contributed by atoms with Crippen molar-refractivity contribution in [1.29, 1.82) is 0 Å². The van der Waals surface area contributed by atoms with Gasteiger partial charge in [-0.1, -0.05) is 23.4 Å². The standard InChI is InChI=1S/C12H10N4/c1-9-12(16-7-6-13-15-16)8-10-4-2-3-5-11(10)14-9/h2-8H,1H3. The van der Waals surface area contributed by atoms with E-state index in [4.69, 9.17) is 0 Å². The zero-order valence-corrected chi connectivity index (χ0v) is 8.83. The molecule has 16 heavy (non-hydrogen) atoms. The Morgan fingerprint density at radius 1 is 1.19 bits per heavy atom. The first-order valence-corrected chi connectivity index (χ1v) is 5.08. The van der Waals surface area contributed by atoms with Crippen LogP contribution in [0.3, 0.4) is 0 Å². The van der Waals surface area contributed by atoms with Crippen LogP contribution in [0.4, 0.5) is 0 Å². The van der Waals surface area contributed by atoms with E-state index in [1.54, 1.807) is 10.9 Å². The van der Waals surface area contributed by atoms with Crippen LogP contribution in [-0.4, -0.2) is 20.0 Å². The van der Waals surface area contributed by atoms with Gasteiger partial charge in [0.2, 0.25) is 0 Å². The number of hydrogen-bond acceptors (Lipinski definition) is 3. The summed E-state index contributed by atoms with van der Waals surface area (Å²) in [6.45, 7) is 1.98. The highest BCUT2D eigenvalue weighted by Gasteiger charge is 2.04. The van der Waals surface area contributed by atoms with E-state index in [0.29, 0.717) is 0 Å². The summed E-state index contributed by atoms with van der Waals surface area (Å²) in [4.78, 5) is 4.54. The van der Waals surface area contributed by atoms with Crippen molar-refractivity contribution in [3.05, 3.63) is 48.4 Å².